The second-order valence-electron chi connectivity index (χ2n) is 5.69. The van der Waals surface area contributed by atoms with Crippen LogP contribution < -0.4 is 10.6 Å². The zero-order valence-electron chi connectivity index (χ0n) is 15.7. The zero-order chi connectivity index (χ0) is 20.9. The summed E-state index contributed by atoms with van der Waals surface area (Å²) < 4.78 is 17.1. The molecular formula is C18H21N2O6PS. The molecule has 2 aromatic heterocycles. The molecule has 0 aliphatic heterocycles. The predicted octanol–water partition coefficient (Wildman–Crippen LogP) is 1.99. The number of carbonyl (C=O) groups excluding carboxylic acids is 2. The van der Waals surface area contributed by atoms with Crippen LogP contribution in [0.4, 0.5) is 0 Å². The van der Waals surface area contributed by atoms with E-state index in [1.165, 1.54) is 10.8 Å². The van der Waals surface area contributed by atoms with Crippen LogP contribution >= 0.6 is 19.2 Å². The summed E-state index contributed by atoms with van der Waals surface area (Å²) in [6, 6.07) is 0. The van der Waals surface area contributed by atoms with Gasteiger partial charge in [0.1, 0.15) is 12.4 Å². The molecule has 0 aliphatic carbocycles. The number of thiazole rings is 1. The third kappa shape index (κ3) is 5.21. The van der Waals surface area contributed by atoms with E-state index in [1.54, 1.807) is 43.5 Å². The molecule has 0 unspecified atom stereocenters. The first kappa shape index (κ1) is 22.1. The maximum absolute atomic E-state index is 13.0. The molecule has 10 heteroatoms. The smallest absolute Gasteiger partial charge is 0.322 e. The van der Waals surface area contributed by atoms with Crippen molar-refractivity contribution in [3.05, 3.63) is 50.6 Å². The number of hydrogen-bond acceptors (Lipinski definition) is 6. The lowest BCUT2D eigenvalue weighted by Gasteiger charge is -2.06. The van der Waals surface area contributed by atoms with Crippen LogP contribution in [0.5, 0.6) is 0 Å². The number of hydrogen-bond donors (Lipinski definition) is 2. The highest BCUT2D eigenvalue weighted by Crippen LogP contribution is 2.35. The minimum Gasteiger partial charge on any atom is -0.322 e. The van der Waals surface area contributed by atoms with Gasteiger partial charge in [-0.25, -0.2) is 9.55 Å². The molecule has 0 atom stereocenters. The molecule has 2 aromatic rings. The number of aromatic nitrogens is 2. The summed E-state index contributed by atoms with van der Waals surface area (Å²) in [5, 5.41) is 2.86. The molecule has 0 spiro atoms. The molecule has 0 saturated heterocycles. The number of allylic oxidation sites excluding steroid dienone is 2. The largest absolute Gasteiger partial charge is 0.471 e. The minimum atomic E-state index is -4.68. The predicted molar refractivity (Wildman–Crippen MR) is 106 cm³/mol. The van der Waals surface area contributed by atoms with E-state index < -0.39 is 14.6 Å². The molecule has 0 saturated carbocycles. The van der Waals surface area contributed by atoms with Crippen LogP contribution in [-0.4, -0.2) is 30.9 Å². The highest BCUT2D eigenvalue weighted by Gasteiger charge is 2.21. The van der Waals surface area contributed by atoms with E-state index in [1.807, 2.05) is 6.92 Å². The molecule has 2 rings (SSSR count). The van der Waals surface area contributed by atoms with Crippen LogP contribution in [0, 0.1) is 0 Å². The SMILES string of the molecule is C\C=C/C=c1\c(=C/C)c(C(=O)c2nc(C(=O)CC)cs2)cn1COP(=O)(O)O. The van der Waals surface area contributed by atoms with E-state index in [0.717, 1.165) is 11.3 Å². The highest BCUT2D eigenvalue weighted by atomic mass is 32.1. The molecule has 0 bridgehead atoms. The number of phosphoric acid groups is 1. The fourth-order valence-corrected chi connectivity index (χ4v) is 3.54. The van der Waals surface area contributed by atoms with Crippen molar-refractivity contribution in [2.45, 2.75) is 33.9 Å². The van der Waals surface area contributed by atoms with E-state index in [2.05, 4.69) is 9.51 Å². The first-order valence-corrected chi connectivity index (χ1v) is 10.8. The van der Waals surface area contributed by atoms with Gasteiger partial charge in [0.25, 0.3) is 0 Å². The third-order valence-electron chi connectivity index (χ3n) is 3.81. The summed E-state index contributed by atoms with van der Waals surface area (Å²) in [6.07, 6.45) is 8.72. The van der Waals surface area contributed by atoms with Gasteiger partial charge in [0.05, 0.1) is 10.9 Å². The van der Waals surface area contributed by atoms with Crippen LogP contribution in [-0.2, 0) is 15.8 Å². The van der Waals surface area contributed by atoms with Crippen LogP contribution in [0.15, 0.2) is 23.7 Å². The fraction of sp³-hybridized carbons (Fsp3) is 0.278. The molecular weight excluding hydrogens is 403 g/mol. The summed E-state index contributed by atoms with van der Waals surface area (Å²) >= 11 is 1.08. The van der Waals surface area contributed by atoms with Gasteiger partial charge in [-0.05, 0) is 19.9 Å². The topological polar surface area (TPSA) is 119 Å². The molecule has 8 nitrogen and oxygen atoms in total. The monoisotopic (exact) mass is 424 g/mol. The van der Waals surface area contributed by atoms with Crippen LogP contribution in [0.3, 0.4) is 0 Å². The second-order valence-corrected chi connectivity index (χ2v) is 7.78. The lowest BCUT2D eigenvalue weighted by atomic mass is 10.1. The number of phosphoric ester groups is 1. The molecule has 0 radical (unpaired) electrons. The summed E-state index contributed by atoms with van der Waals surface area (Å²) in [7, 11) is -4.68. The van der Waals surface area contributed by atoms with Crippen molar-refractivity contribution in [2.75, 3.05) is 0 Å². The van der Waals surface area contributed by atoms with E-state index >= 15 is 0 Å². The number of nitrogens with zero attached hydrogens (tertiary/aromatic N) is 2. The van der Waals surface area contributed by atoms with Crippen LogP contribution in [0.25, 0.3) is 12.2 Å². The summed E-state index contributed by atoms with van der Waals surface area (Å²) in [6.45, 7) is 4.86. The van der Waals surface area contributed by atoms with Gasteiger partial charge in [-0.3, -0.25) is 14.1 Å². The first-order valence-electron chi connectivity index (χ1n) is 8.43. The van der Waals surface area contributed by atoms with E-state index in [-0.39, 0.29) is 22.3 Å². The Kier molecular flexibility index (Phi) is 7.40. The van der Waals surface area contributed by atoms with Crippen molar-refractivity contribution in [1.82, 2.24) is 9.55 Å². The molecule has 28 heavy (non-hydrogen) atoms. The third-order valence-corrected chi connectivity index (χ3v) is 5.10. The standard InChI is InChI=1S/C18H21N2O6PS/c1-4-7-8-15-12(5-2)13(9-20(15)11-26-27(23,24)25)17(22)18-19-14(10-28-18)16(21)6-3/h4-5,7-10H,6,11H2,1-3H3,(H2,23,24,25)/b7-4-,12-5-,15-8+. The van der Waals surface area contributed by atoms with Gasteiger partial charge in [0.2, 0.25) is 5.78 Å². The van der Waals surface area contributed by atoms with Gasteiger partial charge in [0, 0.05) is 23.2 Å². The van der Waals surface area contributed by atoms with Gasteiger partial charge >= 0.3 is 7.82 Å². The lowest BCUT2D eigenvalue weighted by Crippen LogP contribution is -2.31. The Balaban J connectivity index is 2.56. The molecule has 0 fully saturated rings. The minimum absolute atomic E-state index is 0.146. The van der Waals surface area contributed by atoms with E-state index in [4.69, 9.17) is 9.79 Å². The highest BCUT2D eigenvalue weighted by molar-refractivity contribution is 7.46. The Morgan fingerprint density at radius 3 is 2.64 bits per heavy atom. The Hall–Kier alpha value is -2.16. The van der Waals surface area contributed by atoms with Gasteiger partial charge in [-0.1, -0.05) is 25.2 Å². The zero-order valence-corrected chi connectivity index (χ0v) is 17.4. The normalized spacial score (nSPS) is 13.6. The summed E-state index contributed by atoms with van der Waals surface area (Å²) in [4.78, 5) is 46.8. The molecule has 2 heterocycles. The first-order chi connectivity index (χ1) is 13.2. The fourth-order valence-electron chi connectivity index (χ4n) is 2.49. The Labute approximate surface area is 165 Å². The van der Waals surface area contributed by atoms with Crippen LogP contribution in [0.2, 0.25) is 0 Å². The maximum atomic E-state index is 13.0. The average molecular weight is 424 g/mol. The maximum Gasteiger partial charge on any atom is 0.471 e. The van der Waals surface area contributed by atoms with Crippen molar-refractivity contribution in [3.8, 4) is 0 Å². The van der Waals surface area contributed by atoms with Gasteiger partial charge in [-0.2, -0.15) is 0 Å². The average Bonchev–Trinajstić information content (AvgIpc) is 3.27. The number of carbonyl (C=O) groups is 2. The molecule has 0 amide bonds. The van der Waals surface area contributed by atoms with Gasteiger partial charge < -0.3 is 14.4 Å². The van der Waals surface area contributed by atoms with Gasteiger partial charge in [0.15, 0.2) is 10.8 Å². The Morgan fingerprint density at radius 2 is 2.07 bits per heavy atom. The number of rotatable bonds is 8. The van der Waals surface area contributed by atoms with Crippen LogP contribution in [0.1, 0.15) is 53.0 Å². The van der Waals surface area contributed by atoms with Crippen molar-refractivity contribution in [3.63, 3.8) is 0 Å². The van der Waals surface area contributed by atoms with Crippen molar-refractivity contribution in [1.29, 1.82) is 0 Å². The summed E-state index contributed by atoms with van der Waals surface area (Å²) in [5.41, 5.74) is 0.556. The second kappa shape index (κ2) is 9.36. The van der Waals surface area contributed by atoms with E-state index in [0.29, 0.717) is 22.6 Å². The Morgan fingerprint density at radius 1 is 1.36 bits per heavy atom. The van der Waals surface area contributed by atoms with Crippen molar-refractivity contribution >= 4 is 42.9 Å². The molecule has 0 aliphatic rings. The van der Waals surface area contributed by atoms with Gasteiger partial charge in [-0.15, -0.1) is 11.3 Å². The van der Waals surface area contributed by atoms with Crippen molar-refractivity contribution in [2.24, 2.45) is 0 Å². The van der Waals surface area contributed by atoms with E-state index in [9.17, 15) is 14.2 Å². The Bertz CT molecular complexity index is 1080. The quantitative estimate of drug-likeness (QED) is 0.491. The number of ketones is 2. The van der Waals surface area contributed by atoms with Crippen molar-refractivity contribution < 1.29 is 28.5 Å². The number of Topliss-reactive ketones (excluding diaryl/α,β-unsaturated/α-hetero) is 1. The lowest BCUT2D eigenvalue weighted by molar-refractivity contribution is 0.0984. The molecule has 2 N–H and O–H groups in total. The molecule has 0 aromatic carbocycles. The summed E-state index contributed by atoms with van der Waals surface area (Å²) in [5.74, 6) is -0.523. The molecule has 150 valence electrons.